The van der Waals surface area contributed by atoms with Crippen LogP contribution in [-0.4, -0.2) is 48.1 Å². The Bertz CT molecular complexity index is 661. The van der Waals surface area contributed by atoms with Crippen molar-refractivity contribution in [3.63, 3.8) is 0 Å². The highest BCUT2D eigenvalue weighted by molar-refractivity contribution is 5.73. The molecule has 0 radical (unpaired) electrons. The fourth-order valence-electron chi connectivity index (χ4n) is 2.97. The van der Waals surface area contributed by atoms with Gasteiger partial charge in [0.15, 0.2) is 0 Å². The van der Waals surface area contributed by atoms with E-state index in [2.05, 4.69) is 10.00 Å². The molecular formula is C17H24N4O2. The largest absolute Gasteiger partial charge is 0.495 e. The zero-order valence-electron chi connectivity index (χ0n) is 13.8. The Hall–Kier alpha value is -2.05. The third-order valence-corrected chi connectivity index (χ3v) is 4.18. The van der Waals surface area contributed by atoms with Gasteiger partial charge < -0.3 is 15.2 Å². The summed E-state index contributed by atoms with van der Waals surface area (Å²) >= 11 is 0. The van der Waals surface area contributed by atoms with Crippen LogP contribution in [0.2, 0.25) is 0 Å². The summed E-state index contributed by atoms with van der Waals surface area (Å²) in [5, 5.41) is 4.28. The summed E-state index contributed by atoms with van der Waals surface area (Å²) in [6.45, 7) is 4.47. The Morgan fingerprint density at radius 2 is 2.17 bits per heavy atom. The van der Waals surface area contributed by atoms with Gasteiger partial charge in [-0.3, -0.25) is 9.58 Å². The van der Waals surface area contributed by atoms with Crippen LogP contribution < -0.4 is 10.5 Å². The molecule has 1 aliphatic rings. The molecule has 0 bridgehead atoms. The first-order chi connectivity index (χ1) is 11.2. The third-order valence-electron chi connectivity index (χ3n) is 4.18. The van der Waals surface area contributed by atoms with E-state index < -0.39 is 0 Å². The lowest BCUT2D eigenvalue weighted by Crippen LogP contribution is -2.26. The van der Waals surface area contributed by atoms with Crippen molar-refractivity contribution in [3.8, 4) is 16.9 Å². The van der Waals surface area contributed by atoms with E-state index in [-0.39, 0.29) is 0 Å². The Kier molecular flexibility index (Phi) is 4.83. The number of ether oxygens (including phenoxy) is 2. The minimum absolute atomic E-state index is 0.648. The van der Waals surface area contributed by atoms with Gasteiger partial charge in [0.05, 0.1) is 25.6 Å². The molecule has 1 saturated heterocycles. The topological polar surface area (TPSA) is 65.5 Å². The number of rotatable bonds is 4. The van der Waals surface area contributed by atoms with Crippen LogP contribution in [0.25, 0.3) is 11.1 Å². The molecule has 1 fully saturated rings. The monoisotopic (exact) mass is 316 g/mol. The highest BCUT2D eigenvalue weighted by Gasteiger charge is 2.16. The number of hydrogen-bond acceptors (Lipinski definition) is 5. The van der Waals surface area contributed by atoms with E-state index >= 15 is 0 Å². The van der Waals surface area contributed by atoms with Gasteiger partial charge in [-0.2, -0.15) is 5.10 Å². The summed E-state index contributed by atoms with van der Waals surface area (Å²) in [7, 11) is 3.57. The van der Waals surface area contributed by atoms with E-state index in [1.165, 1.54) is 5.56 Å². The van der Waals surface area contributed by atoms with Crippen molar-refractivity contribution in [1.29, 1.82) is 0 Å². The predicted octanol–water partition coefficient (Wildman–Crippen LogP) is 1.90. The number of benzene rings is 1. The Morgan fingerprint density at radius 1 is 1.30 bits per heavy atom. The lowest BCUT2D eigenvalue weighted by atomic mass is 10.00. The normalized spacial score (nSPS) is 16.3. The summed E-state index contributed by atoms with van der Waals surface area (Å²) < 4.78 is 12.8. The molecule has 0 atom stereocenters. The SMILES string of the molecule is COc1cc(CN2CCCOCC2)c(-c2cnn(C)c2)cc1N. The highest BCUT2D eigenvalue weighted by atomic mass is 16.5. The molecule has 0 unspecified atom stereocenters. The minimum atomic E-state index is 0.648. The molecule has 0 spiro atoms. The molecule has 6 heteroatoms. The second-order valence-corrected chi connectivity index (χ2v) is 5.90. The second kappa shape index (κ2) is 7.02. The minimum Gasteiger partial charge on any atom is -0.495 e. The van der Waals surface area contributed by atoms with Gasteiger partial charge in [-0.05, 0) is 29.7 Å². The first kappa shape index (κ1) is 15.8. The van der Waals surface area contributed by atoms with E-state index in [4.69, 9.17) is 15.2 Å². The molecule has 1 aliphatic heterocycles. The molecule has 2 heterocycles. The van der Waals surface area contributed by atoms with Crippen LogP contribution in [0.4, 0.5) is 5.69 Å². The molecular weight excluding hydrogens is 292 g/mol. The van der Waals surface area contributed by atoms with Gasteiger partial charge in [-0.25, -0.2) is 0 Å². The molecule has 0 amide bonds. The molecule has 1 aromatic carbocycles. The van der Waals surface area contributed by atoms with Crippen LogP contribution >= 0.6 is 0 Å². The average Bonchev–Trinajstić information content (AvgIpc) is 2.81. The molecule has 2 N–H and O–H groups in total. The van der Waals surface area contributed by atoms with E-state index in [1.54, 1.807) is 11.8 Å². The van der Waals surface area contributed by atoms with Gasteiger partial charge in [0.2, 0.25) is 0 Å². The van der Waals surface area contributed by atoms with Gasteiger partial charge in [0, 0.05) is 45.0 Å². The van der Waals surface area contributed by atoms with E-state index in [9.17, 15) is 0 Å². The van der Waals surface area contributed by atoms with Crippen LogP contribution in [0.15, 0.2) is 24.5 Å². The summed E-state index contributed by atoms with van der Waals surface area (Å²) in [6, 6.07) is 4.03. The number of nitrogens with zero attached hydrogens (tertiary/aromatic N) is 3. The molecule has 3 rings (SSSR count). The number of anilines is 1. The maximum absolute atomic E-state index is 6.12. The van der Waals surface area contributed by atoms with Gasteiger partial charge in [0.25, 0.3) is 0 Å². The number of aryl methyl sites for hydroxylation is 1. The summed E-state index contributed by atoms with van der Waals surface area (Å²) in [5.41, 5.74) is 10.1. The van der Waals surface area contributed by atoms with Crippen LogP contribution in [0.5, 0.6) is 5.75 Å². The standard InChI is InChI=1S/C17H24N4O2/c1-20-11-14(10-19-20)15-9-16(18)17(22-2)8-13(15)12-21-4-3-6-23-7-5-21/h8-11H,3-7,12,18H2,1-2H3. The van der Waals surface area contributed by atoms with Crippen molar-refractivity contribution in [1.82, 2.24) is 14.7 Å². The van der Waals surface area contributed by atoms with Crippen LogP contribution in [-0.2, 0) is 18.3 Å². The van der Waals surface area contributed by atoms with Crippen LogP contribution in [0.1, 0.15) is 12.0 Å². The van der Waals surface area contributed by atoms with E-state index in [0.717, 1.165) is 56.1 Å². The summed E-state index contributed by atoms with van der Waals surface area (Å²) in [5.74, 6) is 0.721. The van der Waals surface area contributed by atoms with Crippen molar-refractivity contribution in [2.75, 3.05) is 39.1 Å². The number of methoxy groups -OCH3 is 1. The number of nitrogen functional groups attached to an aromatic ring is 1. The predicted molar refractivity (Wildman–Crippen MR) is 90.3 cm³/mol. The zero-order chi connectivity index (χ0) is 16.2. The molecule has 124 valence electrons. The Balaban J connectivity index is 1.95. The fourth-order valence-corrected chi connectivity index (χ4v) is 2.97. The molecule has 2 aromatic rings. The number of nitrogens with two attached hydrogens (primary N) is 1. The van der Waals surface area contributed by atoms with Gasteiger partial charge in [-0.1, -0.05) is 0 Å². The first-order valence-electron chi connectivity index (χ1n) is 7.93. The molecule has 0 saturated carbocycles. The first-order valence-corrected chi connectivity index (χ1v) is 7.93. The Morgan fingerprint density at radius 3 is 2.91 bits per heavy atom. The van der Waals surface area contributed by atoms with Crippen LogP contribution in [0, 0.1) is 0 Å². The maximum Gasteiger partial charge on any atom is 0.142 e. The highest BCUT2D eigenvalue weighted by Crippen LogP contribution is 2.33. The van der Waals surface area contributed by atoms with E-state index in [0.29, 0.717) is 5.69 Å². The lowest BCUT2D eigenvalue weighted by molar-refractivity contribution is 0.140. The van der Waals surface area contributed by atoms with Gasteiger partial charge >= 0.3 is 0 Å². The second-order valence-electron chi connectivity index (χ2n) is 5.90. The van der Waals surface area contributed by atoms with Crippen molar-refractivity contribution < 1.29 is 9.47 Å². The molecule has 1 aromatic heterocycles. The van der Waals surface area contributed by atoms with Gasteiger partial charge in [-0.15, -0.1) is 0 Å². The maximum atomic E-state index is 6.12. The van der Waals surface area contributed by atoms with Crippen molar-refractivity contribution in [3.05, 3.63) is 30.1 Å². The lowest BCUT2D eigenvalue weighted by Gasteiger charge is -2.22. The Labute approximate surface area is 136 Å². The summed E-state index contributed by atoms with van der Waals surface area (Å²) in [6.07, 6.45) is 4.95. The van der Waals surface area contributed by atoms with E-state index in [1.807, 2.05) is 31.6 Å². The van der Waals surface area contributed by atoms with Crippen molar-refractivity contribution >= 4 is 5.69 Å². The quantitative estimate of drug-likeness (QED) is 0.873. The molecule has 23 heavy (non-hydrogen) atoms. The zero-order valence-corrected chi connectivity index (χ0v) is 13.8. The fraction of sp³-hybridized carbons (Fsp3) is 0.471. The van der Waals surface area contributed by atoms with Crippen molar-refractivity contribution in [2.24, 2.45) is 7.05 Å². The van der Waals surface area contributed by atoms with Crippen molar-refractivity contribution in [2.45, 2.75) is 13.0 Å². The average molecular weight is 316 g/mol. The molecule has 0 aliphatic carbocycles. The van der Waals surface area contributed by atoms with Gasteiger partial charge in [0.1, 0.15) is 5.75 Å². The molecule has 6 nitrogen and oxygen atoms in total. The smallest absolute Gasteiger partial charge is 0.142 e. The summed E-state index contributed by atoms with van der Waals surface area (Å²) in [4.78, 5) is 2.41. The van der Waals surface area contributed by atoms with Crippen LogP contribution in [0.3, 0.4) is 0 Å². The number of hydrogen-bond donors (Lipinski definition) is 1. The number of aromatic nitrogens is 2. The third kappa shape index (κ3) is 3.65.